The van der Waals surface area contributed by atoms with E-state index in [0.29, 0.717) is 27.5 Å². The summed E-state index contributed by atoms with van der Waals surface area (Å²) in [5, 5.41) is 9.34. The molecule has 0 radical (unpaired) electrons. The zero-order chi connectivity index (χ0) is 21.4. The molecule has 0 spiro atoms. The summed E-state index contributed by atoms with van der Waals surface area (Å²) in [6, 6.07) is 11.1. The molecule has 0 aliphatic carbocycles. The van der Waals surface area contributed by atoms with Gasteiger partial charge in [-0.05, 0) is 49.8 Å². The molecule has 1 aromatic carbocycles. The van der Waals surface area contributed by atoms with E-state index in [2.05, 4.69) is 4.98 Å². The second kappa shape index (κ2) is 7.61. The molecule has 150 valence electrons. The number of benzene rings is 1. The Kier molecular flexibility index (Phi) is 4.98. The van der Waals surface area contributed by atoms with Crippen LogP contribution in [0.5, 0.6) is 5.75 Å². The largest absolute Gasteiger partial charge is 0.497 e. The molecule has 1 aliphatic rings. The van der Waals surface area contributed by atoms with E-state index in [1.165, 1.54) is 11.3 Å². The number of methoxy groups -OCH3 is 1. The van der Waals surface area contributed by atoms with E-state index >= 15 is 0 Å². The first-order valence-electron chi connectivity index (χ1n) is 9.20. The van der Waals surface area contributed by atoms with E-state index in [1.807, 2.05) is 30.3 Å². The topological polar surface area (TPSA) is 96.4 Å². The molecule has 3 heterocycles. The Balaban J connectivity index is 1.71. The Morgan fingerprint density at radius 1 is 1.27 bits per heavy atom. The lowest BCUT2D eigenvalue weighted by Crippen LogP contribution is -2.42. The van der Waals surface area contributed by atoms with Gasteiger partial charge in [0, 0.05) is 28.6 Å². The maximum Gasteiger partial charge on any atom is 0.271 e. The predicted octanol–water partition coefficient (Wildman–Crippen LogP) is 4.18. The number of aromatic nitrogens is 1. The van der Waals surface area contributed by atoms with Crippen molar-refractivity contribution in [3.63, 3.8) is 0 Å². The maximum atomic E-state index is 12.7. The molecule has 0 saturated heterocycles. The third-order valence-corrected chi connectivity index (χ3v) is 5.83. The molecular formula is C22H17N3O4S. The molecule has 0 N–H and O–H groups in total. The van der Waals surface area contributed by atoms with Crippen molar-refractivity contribution in [3.05, 3.63) is 51.9 Å². The molecule has 0 atom stereocenters. The highest BCUT2D eigenvalue weighted by Gasteiger charge is 2.34. The van der Waals surface area contributed by atoms with E-state index in [-0.39, 0.29) is 12.1 Å². The van der Waals surface area contributed by atoms with Crippen molar-refractivity contribution in [1.29, 1.82) is 5.26 Å². The number of rotatable bonds is 4. The summed E-state index contributed by atoms with van der Waals surface area (Å²) in [6.45, 7) is 3.52. The summed E-state index contributed by atoms with van der Waals surface area (Å²) in [5.74, 6) is 0.289. The Hall–Kier alpha value is -3.70. The average Bonchev–Trinajstić information content (AvgIpc) is 3.31. The van der Waals surface area contributed by atoms with Gasteiger partial charge in [0.25, 0.3) is 11.8 Å². The average molecular weight is 419 g/mol. The molecule has 0 fully saturated rings. The van der Waals surface area contributed by atoms with Crippen molar-refractivity contribution in [2.45, 2.75) is 13.8 Å². The summed E-state index contributed by atoms with van der Waals surface area (Å²) in [7, 11) is 1.61. The van der Waals surface area contributed by atoms with Crippen LogP contribution in [-0.4, -0.2) is 35.4 Å². The molecule has 0 saturated carbocycles. The monoisotopic (exact) mass is 419 g/mol. The van der Waals surface area contributed by atoms with E-state index in [0.717, 1.165) is 21.1 Å². The van der Waals surface area contributed by atoms with Crippen molar-refractivity contribution < 1.29 is 18.7 Å². The number of carbonyl (C=O) groups is 2. The SMILES string of the molecule is CCN1C(=O)C(C#N)=C(C)/C(=C/c2cc3oc(-c4ccc(OC)cc4)nc3s2)C1=O. The number of imide groups is 1. The van der Waals surface area contributed by atoms with Gasteiger partial charge in [-0.25, -0.2) is 0 Å². The number of amides is 2. The Bertz CT molecular complexity index is 1240. The number of hydrogen-bond acceptors (Lipinski definition) is 7. The second-order valence-corrected chi connectivity index (χ2v) is 7.65. The van der Waals surface area contributed by atoms with Gasteiger partial charge in [0.2, 0.25) is 5.89 Å². The van der Waals surface area contributed by atoms with Crippen LogP contribution in [0.3, 0.4) is 0 Å². The smallest absolute Gasteiger partial charge is 0.271 e. The van der Waals surface area contributed by atoms with Crippen LogP contribution in [0, 0.1) is 11.3 Å². The van der Waals surface area contributed by atoms with Gasteiger partial charge < -0.3 is 9.15 Å². The molecule has 0 unspecified atom stereocenters. The van der Waals surface area contributed by atoms with Crippen LogP contribution < -0.4 is 4.74 Å². The minimum Gasteiger partial charge on any atom is -0.497 e. The first-order chi connectivity index (χ1) is 14.5. The maximum absolute atomic E-state index is 12.7. The lowest BCUT2D eigenvalue weighted by molar-refractivity contribution is -0.140. The second-order valence-electron chi connectivity index (χ2n) is 6.59. The molecular weight excluding hydrogens is 402 g/mol. The highest BCUT2D eigenvalue weighted by molar-refractivity contribution is 7.19. The fourth-order valence-electron chi connectivity index (χ4n) is 3.24. The fourth-order valence-corrected chi connectivity index (χ4v) is 4.14. The Morgan fingerprint density at radius 3 is 2.60 bits per heavy atom. The highest BCUT2D eigenvalue weighted by Crippen LogP contribution is 2.34. The molecule has 8 heteroatoms. The van der Waals surface area contributed by atoms with Crippen LogP contribution in [0.25, 0.3) is 27.9 Å². The predicted molar refractivity (Wildman–Crippen MR) is 113 cm³/mol. The molecule has 0 bridgehead atoms. The summed E-state index contributed by atoms with van der Waals surface area (Å²) in [5.41, 5.74) is 2.13. The summed E-state index contributed by atoms with van der Waals surface area (Å²) in [4.78, 5) is 32.1. The lowest BCUT2D eigenvalue weighted by atomic mass is 9.95. The minimum absolute atomic E-state index is 0.0112. The number of hydrogen-bond donors (Lipinski definition) is 0. The zero-order valence-electron chi connectivity index (χ0n) is 16.6. The standard InChI is InChI=1S/C22H17N3O4S/c1-4-25-21(26)16(12(2)17(11-23)22(25)27)9-15-10-18-20(30-15)24-19(29-18)13-5-7-14(28-3)8-6-13/h5-10H,4H2,1-3H3/b16-9-. The van der Waals surface area contributed by atoms with Gasteiger partial charge in [-0.3, -0.25) is 14.5 Å². The molecule has 4 rings (SSSR count). The summed E-state index contributed by atoms with van der Waals surface area (Å²) in [6.07, 6.45) is 1.68. The van der Waals surface area contributed by atoms with E-state index in [1.54, 1.807) is 33.1 Å². The van der Waals surface area contributed by atoms with Crippen LogP contribution >= 0.6 is 11.3 Å². The van der Waals surface area contributed by atoms with Crippen LogP contribution in [-0.2, 0) is 9.59 Å². The Labute approximate surface area is 176 Å². The van der Waals surface area contributed by atoms with Crippen LogP contribution in [0.1, 0.15) is 18.7 Å². The van der Waals surface area contributed by atoms with E-state index < -0.39 is 11.8 Å². The lowest BCUT2D eigenvalue weighted by Gasteiger charge is -2.26. The third kappa shape index (κ3) is 3.19. The van der Waals surface area contributed by atoms with Gasteiger partial charge in [-0.1, -0.05) is 0 Å². The van der Waals surface area contributed by atoms with Crippen molar-refractivity contribution in [1.82, 2.24) is 9.88 Å². The minimum atomic E-state index is -0.551. The molecule has 1 aliphatic heterocycles. The van der Waals surface area contributed by atoms with Crippen molar-refractivity contribution >= 4 is 39.6 Å². The first kappa shape index (κ1) is 19.6. The number of carbonyl (C=O) groups excluding carboxylic acids is 2. The Morgan fingerprint density at radius 2 is 2.00 bits per heavy atom. The summed E-state index contributed by atoms with van der Waals surface area (Å²) < 4.78 is 11.0. The van der Waals surface area contributed by atoms with Crippen molar-refractivity contribution in [3.8, 4) is 23.3 Å². The van der Waals surface area contributed by atoms with Gasteiger partial charge in [-0.15, -0.1) is 11.3 Å². The fraction of sp³-hybridized carbons (Fsp3) is 0.182. The molecule has 7 nitrogen and oxygen atoms in total. The number of likely N-dealkylation sites (N-methyl/N-ethyl adjacent to an activating group) is 1. The molecule has 2 amide bonds. The number of ether oxygens (including phenoxy) is 1. The quantitative estimate of drug-likeness (QED) is 0.465. The first-order valence-corrected chi connectivity index (χ1v) is 10.0. The van der Waals surface area contributed by atoms with Crippen molar-refractivity contribution in [2.24, 2.45) is 0 Å². The summed E-state index contributed by atoms with van der Waals surface area (Å²) >= 11 is 1.37. The number of thiophene rings is 1. The molecule has 2 aromatic heterocycles. The number of nitrogens with zero attached hydrogens (tertiary/aromatic N) is 3. The zero-order valence-corrected chi connectivity index (χ0v) is 17.4. The number of oxazole rings is 1. The van der Waals surface area contributed by atoms with Crippen LogP contribution in [0.2, 0.25) is 0 Å². The third-order valence-electron chi connectivity index (χ3n) is 4.87. The molecule has 3 aromatic rings. The van der Waals surface area contributed by atoms with Gasteiger partial charge in [0.15, 0.2) is 10.4 Å². The van der Waals surface area contributed by atoms with E-state index in [9.17, 15) is 14.9 Å². The molecule has 30 heavy (non-hydrogen) atoms. The highest BCUT2D eigenvalue weighted by atomic mass is 32.1. The van der Waals surface area contributed by atoms with Crippen LogP contribution in [0.15, 0.2) is 51.5 Å². The van der Waals surface area contributed by atoms with Gasteiger partial charge in [0.05, 0.1) is 7.11 Å². The van der Waals surface area contributed by atoms with Gasteiger partial charge in [-0.2, -0.15) is 10.2 Å². The van der Waals surface area contributed by atoms with Crippen LogP contribution in [0.4, 0.5) is 0 Å². The van der Waals surface area contributed by atoms with Crippen molar-refractivity contribution in [2.75, 3.05) is 13.7 Å². The number of nitriles is 1. The van der Waals surface area contributed by atoms with E-state index in [4.69, 9.17) is 9.15 Å². The van der Waals surface area contributed by atoms with Gasteiger partial charge >= 0.3 is 0 Å². The van der Waals surface area contributed by atoms with Gasteiger partial charge in [0.1, 0.15) is 17.4 Å². The number of fused-ring (bicyclic) bond motifs is 1. The normalized spacial score (nSPS) is 15.9.